The Hall–Kier alpha value is -1.79. The van der Waals surface area contributed by atoms with E-state index in [0.717, 1.165) is 15.2 Å². The molecule has 0 bridgehead atoms. The number of ketones is 1. The van der Waals surface area contributed by atoms with E-state index in [-0.39, 0.29) is 24.2 Å². The van der Waals surface area contributed by atoms with Crippen LogP contribution in [-0.4, -0.2) is 41.2 Å². The summed E-state index contributed by atoms with van der Waals surface area (Å²) in [5.74, 6) is -0.396. The largest absolute Gasteiger partial charge is 0.369 e. The molecule has 1 aromatic heterocycles. The molecule has 1 atom stereocenters. The molecule has 0 spiro atoms. The minimum atomic E-state index is -0.359. The van der Waals surface area contributed by atoms with E-state index in [2.05, 4.69) is 4.98 Å². The lowest BCUT2D eigenvalue weighted by molar-refractivity contribution is -0.126. The number of likely N-dealkylation sites (tertiary alicyclic amines) is 1. The van der Waals surface area contributed by atoms with Gasteiger partial charge in [-0.15, -0.1) is 11.3 Å². The molecular formula is C14H15N3O2S. The summed E-state index contributed by atoms with van der Waals surface area (Å²) in [7, 11) is 0. The van der Waals surface area contributed by atoms with Gasteiger partial charge < -0.3 is 5.73 Å². The van der Waals surface area contributed by atoms with E-state index < -0.39 is 0 Å². The van der Waals surface area contributed by atoms with Crippen LogP contribution in [0.2, 0.25) is 0 Å². The van der Waals surface area contributed by atoms with Gasteiger partial charge in [-0.2, -0.15) is 0 Å². The molecule has 0 aliphatic carbocycles. The van der Waals surface area contributed by atoms with Crippen LogP contribution in [0.3, 0.4) is 0 Å². The number of rotatable bonds is 3. The van der Waals surface area contributed by atoms with Crippen molar-refractivity contribution < 1.29 is 9.59 Å². The van der Waals surface area contributed by atoms with E-state index in [0.29, 0.717) is 19.5 Å². The van der Waals surface area contributed by atoms with Gasteiger partial charge in [0.15, 0.2) is 0 Å². The number of hydrogen-bond acceptors (Lipinski definition) is 5. The zero-order valence-corrected chi connectivity index (χ0v) is 11.7. The number of nitrogens with zero attached hydrogens (tertiary/aromatic N) is 2. The Balaban J connectivity index is 1.86. The molecule has 5 nitrogen and oxygen atoms in total. The monoisotopic (exact) mass is 289 g/mol. The lowest BCUT2D eigenvalue weighted by atomic mass is 9.97. The molecule has 1 aliphatic rings. The number of carbonyl (C=O) groups is 2. The number of nitrogens with two attached hydrogens (primary N) is 1. The first kappa shape index (κ1) is 13.2. The number of amides is 1. The van der Waals surface area contributed by atoms with Gasteiger partial charge in [0.1, 0.15) is 10.8 Å². The summed E-state index contributed by atoms with van der Waals surface area (Å²) in [4.78, 5) is 29.6. The van der Waals surface area contributed by atoms with Crippen LogP contribution in [0.1, 0.15) is 17.3 Å². The number of piperidine rings is 1. The van der Waals surface area contributed by atoms with E-state index in [9.17, 15) is 9.59 Å². The normalized spacial score (nSPS) is 20.4. The van der Waals surface area contributed by atoms with Gasteiger partial charge in [0.25, 0.3) is 0 Å². The minimum Gasteiger partial charge on any atom is -0.369 e. The number of benzene rings is 1. The first-order chi connectivity index (χ1) is 9.63. The Bertz CT molecular complexity index is 634. The Morgan fingerprint density at radius 1 is 1.45 bits per heavy atom. The van der Waals surface area contributed by atoms with Gasteiger partial charge in [-0.3, -0.25) is 14.5 Å². The first-order valence-electron chi connectivity index (χ1n) is 6.52. The molecule has 1 amide bonds. The lowest BCUT2D eigenvalue weighted by Crippen LogP contribution is -2.43. The van der Waals surface area contributed by atoms with Gasteiger partial charge >= 0.3 is 0 Å². The van der Waals surface area contributed by atoms with Crippen LogP contribution in [0.25, 0.3) is 10.2 Å². The molecule has 2 aromatic rings. The third-order valence-corrected chi connectivity index (χ3v) is 4.64. The van der Waals surface area contributed by atoms with Crippen LogP contribution in [0.4, 0.5) is 0 Å². The molecule has 3 rings (SSSR count). The number of primary amides is 1. The predicted molar refractivity (Wildman–Crippen MR) is 77.6 cm³/mol. The van der Waals surface area contributed by atoms with Crippen molar-refractivity contribution in [2.45, 2.75) is 12.3 Å². The standard InChI is InChI=1S/C14H15N3O2S/c15-13(19)8-17-6-5-11(18)9(7-17)14-16-10-3-1-2-4-12(10)20-14/h1-4,9H,5-8H2,(H2,15,19). The summed E-state index contributed by atoms with van der Waals surface area (Å²) in [6.07, 6.45) is 0.452. The molecule has 104 valence electrons. The van der Waals surface area contributed by atoms with Gasteiger partial charge in [-0.25, -0.2) is 4.98 Å². The van der Waals surface area contributed by atoms with Gasteiger partial charge in [0.2, 0.25) is 5.91 Å². The van der Waals surface area contributed by atoms with E-state index >= 15 is 0 Å². The smallest absolute Gasteiger partial charge is 0.231 e. The summed E-state index contributed by atoms with van der Waals surface area (Å²) >= 11 is 1.55. The van der Waals surface area contributed by atoms with Gasteiger partial charge in [0, 0.05) is 19.5 Å². The third-order valence-electron chi connectivity index (χ3n) is 3.49. The number of carbonyl (C=O) groups excluding carboxylic acids is 2. The second-order valence-corrected chi connectivity index (χ2v) is 6.05. The first-order valence-corrected chi connectivity index (χ1v) is 7.34. The zero-order valence-electron chi connectivity index (χ0n) is 10.9. The summed E-state index contributed by atoms with van der Waals surface area (Å²) in [5, 5.41) is 0.838. The highest BCUT2D eigenvalue weighted by Crippen LogP contribution is 2.31. The molecule has 1 fully saturated rings. The van der Waals surface area contributed by atoms with Crippen LogP contribution in [0, 0.1) is 0 Å². The summed E-state index contributed by atoms with van der Waals surface area (Å²) in [6, 6.07) is 7.86. The van der Waals surface area contributed by atoms with Crippen LogP contribution < -0.4 is 5.73 Å². The van der Waals surface area contributed by atoms with Crippen LogP contribution in [-0.2, 0) is 9.59 Å². The van der Waals surface area contributed by atoms with Crippen LogP contribution in [0.5, 0.6) is 0 Å². The van der Waals surface area contributed by atoms with Crippen molar-refractivity contribution in [2.75, 3.05) is 19.6 Å². The maximum atomic E-state index is 12.1. The number of thiazole rings is 1. The van der Waals surface area contributed by atoms with Gasteiger partial charge in [0.05, 0.1) is 22.7 Å². The van der Waals surface area contributed by atoms with Crippen molar-refractivity contribution in [3.05, 3.63) is 29.3 Å². The van der Waals surface area contributed by atoms with Crippen molar-refractivity contribution in [2.24, 2.45) is 5.73 Å². The molecule has 2 heterocycles. The van der Waals surface area contributed by atoms with E-state index in [1.165, 1.54) is 0 Å². The van der Waals surface area contributed by atoms with Crippen molar-refractivity contribution in [1.82, 2.24) is 9.88 Å². The quantitative estimate of drug-likeness (QED) is 0.919. The second-order valence-electron chi connectivity index (χ2n) is 4.99. The fraction of sp³-hybridized carbons (Fsp3) is 0.357. The van der Waals surface area contributed by atoms with Crippen LogP contribution >= 0.6 is 11.3 Å². The summed E-state index contributed by atoms with van der Waals surface area (Å²) in [5.41, 5.74) is 6.15. The highest BCUT2D eigenvalue weighted by molar-refractivity contribution is 7.18. The molecule has 0 radical (unpaired) electrons. The molecule has 1 saturated heterocycles. The van der Waals surface area contributed by atoms with Gasteiger partial charge in [-0.1, -0.05) is 12.1 Å². The Labute approximate surface area is 120 Å². The number of hydrogen-bond donors (Lipinski definition) is 1. The van der Waals surface area contributed by atoms with Crippen molar-refractivity contribution >= 4 is 33.2 Å². The maximum Gasteiger partial charge on any atom is 0.231 e. The topological polar surface area (TPSA) is 76.3 Å². The Kier molecular flexibility index (Phi) is 3.50. The minimum absolute atomic E-state index is 0.199. The molecule has 20 heavy (non-hydrogen) atoms. The van der Waals surface area contributed by atoms with E-state index in [1.54, 1.807) is 11.3 Å². The zero-order chi connectivity index (χ0) is 14.1. The third kappa shape index (κ3) is 2.57. The molecule has 0 saturated carbocycles. The van der Waals surface area contributed by atoms with Crippen molar-refractivity contribution in [3.63, 3.8) is 0 Å². The summed E-state index contributed by atoms with van der Waals surface area (Å²) < 4.78 is 1.09. The number of Topliss-reactive ketones (excluding diaryl/α,β-unsaturated/α-hetero) is 1. The van der Waals surface area contributed by atoms with Crippen LogP contribution in [0.15, 0.2) is 24.3 Å². The number of para-hydroxylation sites is 1. The molecule has 2 N–H and O–H groups in total. The van der Waals surface area contributed by atoms with Gasteiger partial charge in [-0.05, 0) is 12.1 Å². The van der Waals surface area contributed by atoms with Crippen molar-refractivity contribution in [1.29, 1.82) is 0 Å². The molecule has 1 aromatic carbocycles. The highest BCUT2D eigenvalue weighted by Gasteiger charge is 2.31. The highest BCUT2D eigenvalue weighted by atomic mass is 32.1. The molecule has 1 unspecified atom stereocenters. The lowest BCUT2D eigenvalue weighted by Gasteiger charge is -2.29. The number of aromatic nitrogens is 1. The molecule has 1 aliphatic heterocycles. The molecule has 6 heteroatoms. The summed E-state index contributed by atoms with van der Waals surface area (Å²) in [6.45, 7) is 1.33. The SMILES string of the molecule is NC(=O)CN1CCC(=O)C(c2nc3ccccc3s2)C1. The average Bonchev–Trinajstić information content (AvgIpc) is 2.84. The molecular weight excluding hydrogens is 274 g/mol. The predicted octanol–water partition coefficient (Wildman–Crippen LogP) is 1.14. The Morgan fingerprint density at radius 2 is 2.25 bits per heavy atom. The second kappa shape index (κ2) is 5.30. The Morgan fingerprint density at radius 3 is 3.00 bits per heavy atom. The van der Waals surface area contributed by atoms with Crippen molar-refractivity contribution in [3.8, 4) is 0 Å². The maximum absolute atomic E-state index is 12.1. The van der Waals surface area contributed by atoms with E-state index in [4.69, 9.17) is 5.73 Å². The fourth-order valence-electron chi connectivity index (χ4n) is 2.51. The number of fused-ring (bicyclic) bond motifs is 1. The average molecular weight is 289 g/mol. The van der Waals surface area contributed by atoms with E-state index in [1.807, 2.05) is 29.2 Å². The fourth-order valence-corrected chi connectivity index (χ4v) is 3.60.